The first-order valence-corrected chi connectivity index (χ1v) is 8.45. The Bertz CT molecular complexity index is 895. The normalized spacial score (nSPS) is 10.9. The molecule has 1 aromatic heterocycles. The molecule has 1 N–H and O–H groups in total. The zero-order valence-electron chi connectivity index (χ0n) is 15.7. The van der Waals surface area contributed by atoms with Crippen LogP contribution in [0, 0.1) is 11.8 Å². The maximum absolute atomic E-state index is 13.0. The number of hydrogen-bond acceptors (Lipinski definition) is 4. The second-order valence-corrected chi connectivity index (χ2v) is 5.61. The second-order valence-electron chi connectivity index (χ2n) is 5.61. The highest BCUT2D eigenvalue weighted by Crippen LogP contribution is 2.34. The summed E-state index contributed by atoms with van der Waals surface area (Å²) in [5.41, 5.74) is -0.213. The number of carbonyl (C=O) groups excluding carboxylic acids is 1. The number of ether oxygens (including phenoxy) is 2. The number of nitrogens with zero attached hydrogens (tertiary/aromatic N) is 2. The third-order valence-electron chi connectivity index (χ3n) is 3.69. The lowest BCUT2D eigenvalue weighted by Gasteiger charge is -2.14. The van der Waals surface area contributed by atoms with Gasteiger partial charge in [0.25, 0.3) is 5.91 Å². The van der Waals surface area contributed by atoms with Crippen molar-refractivity contribution in [3.63, 3.8) is 0 Å². The number of hydrogen-bond donors (Lipinski definition) is 1. The number of alkyl halides is 3. The summed E-state index contributed by atoms with van der Waals surface area (Å²) >= 11 is 0. The number of imidazole rings is 1. The first-order chi connectivity index (χ1) is 13.3. The molecule has 0 saturated heterocycles. The number of nitrogens with one attached hydrogen (secondary N) is 1. The Morgan fingerprint density at radius 3 is 2.68 bits per heavy atom. The fourth-order valence-electron chi connectivity index (χ4n) is 2.46. The molecule has 9 heteroatoms. The van der Waals surface area contributed by atoms with E-state index < -0.39 is 17.8 Å². The van der Waals surface area contributed by atoms with Crippen LogP contribution in [0.15, 0.2) is 24.4 Å². The molecule has 0 atom stereocenters. The summed E-state index contributed by atoms with van der Waals surface area (Å²) in [6, 6.07) is 4.62. The van der Waals surface area contributed by atoms with E-state index in [1.165, 1.54) is 20.0 Å². The average molecular weight is 395 g/mol. The molecule has 2 aromatic rings. The van der Waals surface area contributed by atoms with Gasteiger partial charge >= 0.3 is 6.18 Å². The molecule has 2 rings (SSSR count). The molecule has 0 saturated carbocycles. The molecule has 1 heterocycles. The van der Waals surface area contributed by atoms with Crippen molar-refractivity contribution in [3.8, 4) is 29.0 Å². The van der Waals surface area contributed by atoms with Gasteiger partial charge in [0.15, 0.2) is 0 Å². The molecule has 0 aliphatic carbocycles. The van der Waals surface area contributed by atoms with Crippen LogP contribution < -0.4 is 10.1 Å². The van der Waals surface area contributed by atoms with Crippen molar-refractivity contribution >= 4 is 11.6 Å². The highest BCUT2D eigenvalue weighted by Gasteiger charge is 2.35. The Balaban J connectivity index is 2.37. The molecule has 150 valence electrons. The SMILES string of the molecule is CC#CC(=O)Nc1cc(-c2ncc(C(F)(F)F)n2C)ccc1OCCOCC. The lowest BCUT2D eigenvalue weighted by molar-refractivity contribution is -0.143. The maximum atomic E-state index is 13.0. The smallest absolute Gasteiger partial charge is 0.433 e. The van der Waals surface area contributed by atoms with E-state index in [2.05, 4.69) is 22.1 Å². The van der Waals surface area contributed by atoms with Crippen molar-refractivity contribution in [2.45, 2.75) is 20.0 Å². The van der Waals surface area contributed by atoms with E-state index in [4.69, 9.17) is 9.47 Å². The molecule has 0 bridgehead atoms. The number of anilines is 1. The Morgan fingerprint density at radius 2 is 2.07 bits per heavy atom. The fraction of sp³-hybridized carbons (Fsp3) is 0.368. The topological polar surface area (TPSA) is 65.4 Å². The summed E-state index contributed by atoms with van der Waals surface area (Å²) in [7, 11) is 1.28. The molecule has 1 aromatic carbocycles. The zero-order valence-corrected chi connectivity index (χ0v) is 15.7. The summed E-state index contributed by atoms with van der Waals surface area (Å²) in [5.74, 6) is 4.71. The van der Waals surface area contributed by atoms with Crippen LogP contribution in [0.2, 0.25) is 0 Å². The Labute approximate surface area is 160 Å². The molecule has 0 fully saturated rings. The molecule has 0 spiro atoms. The first-order valence-electron chi connectivity index (χ1n) is 8.45. The third kappa shape index (κ3) is 5.27. The van der Waals surface area contributed by atoms with Crippen LogP contribution >= 0.6 is 0 Å². The van der Waals surface area contributed by atoms with E-state index in [0.29, 0.717) is 24.5 Å². The molecule has 1 amide bonds. The Morgan fingerprint density at radius 1 is 1.32 bits per heavy atom. The summed E-state index contributed by atoms with van der Waals surface area (Å²) in [4.78, 5) is 15.7. The summed E-state index contributed by atoms with van der Waals surface area (Å²) < 4.78 is 50.8. The van der Waals surface area contributed by atoms with Gasteiger partial charge in [-0.25, -0.2) is 4.98 Å². The highest BCUT2D eigenvalue weighted by atomic mass is 19.4. The monoisotopic (exact) mass is 395 g/mol. The number of aromatic nitrogens is 2. The molecule has 0 aliphatic heterocycles. The zero-order chi connectivity index (χ0) is 20.7. The van der Waals surface area contributed by atoms with Gasteiger partial charge < -0.3 is 19.4 Å². The van der Waals surface area contributed by atoms with Crippen LogP contribution in [0.25, 0.3) is 11.4 Å². The van der Waals surface area contributed by atoms with Crippen molar-refractivity contribution in [2.75, 3.05) is 25.1 Å². The standard InChI is InChI=1S/C19H20F3N3O3/c1-4-6-17(26)24-14-11-13(7-8-15(14)28-10-9-27-5-2)18-23-12-16(25(18)3)19(20,21)22/h7-8,11-12H,5,9-10H2,1-3H3,(H,24,26). The predicted octanol–water partition coefficient (Wildman–Crippen LogP) is 3.48. The van der Waals surface area contributed by atoms with E-state index >= 15 is 0 Å². The van der Waals surface area contributed by atoms with Gasteiger partial charge in [-0.2, -0.15) is 13.2 Å². The van der Waals surface area contributed by atoms with Crippen LogP contribution in [-0.2, 0) is 22.8 Å². The molecule has 0 unspecified atom stereocenters. The van der Waals surface area contributed by atoms with Crippen LogP contribution in [0.5, 0.6) is 5.75 Å². The second kappa shape index (κ2) is 9.28. The van der Waals surface area contributed by atoms with Crippen LogP contribution in [-0.4, -0.2) is 35.3 Å². The van der Waals surface area contributed by atoms with Gasteiger partial charge in [0.1, 0.15) is 23.9 Å². The predicted molar refractivity (Wildman–Crippen MR) is 97.7 cm³/mol. The molecule has 0 radical (unpaired) electrons. The van der Waals surface area contributed by atoms with Gasteiger partial charge in [0, 0.05) is 19.2 Å². The molecular formula is C19H20F3N3O3. The van der Waals surface area contributed by atoms with Crippen molar-refractivity contribution in [2.24, 2.45) is 7.05 Å². The quantitative estimate of drug-likeness (QED) is 0.576. The number of rotatable bonds is 7. The maximum Gasteiger partial charge on any atom is 0.433 e. The minimum Gasteiger partial charge on any atom is -0.489 e. The van der Waals surface area contributed by atoms with E-state index in [1.54, 1.807) is 12.1 Å². The van der Waals surface area contributed by atoms with Gasteiger partial charge in [-0.05, 0) is 38.0 Å². The minimum absolute atomic E-state index is 0.102. The number of halogens is 3. The average Bonchev–Trinajstić information content (AvgIpc) is 3.01. The van der Waals surface area contributed by atoms with E-state index in [0.717, 1.165) is 10.8 Å². The molecule has 28 heavy (non-hydrogen) atoms. The van der Waals surface area contributed by atoms with Crippen LogP contribution in [0.4, 0.5) is 18.9 Å². The Kier molecular flexibility index (Phi) is 7.06. The lowest BCUT2D eigenvalue weighted by atomic mass is 10.1. The highest BCUT2D eigenvalue weighted by molar-refractivity contribution is 6.05. The molecule has 0 aliphatic rings. The van der Waals surface area contributed by atoms with Gasteiger partial charge in [-0.15, -0.1) is 0 Å². The van der Waals surface area contributed by atoms with Crippen molar-refractivity contribution < 1.29 is 27.4 Å². The number of benzene rings is 1. The lowest BCUT2D eigenvalue weighted by Crippen LogP contribution is -2.13. The van der Waals surface area contributed by atoms with Crippen LogP contribution in [0.1, 0.15) is 19.5 Å². The minimum atomic E-state index is -4.52. The first kappa shape index (κ1) is 21.3. The number of amides is 1. The van der Waals surface area contributed by atoms with Gasteiger partial charge in [-0.1, -0.05) is 5.92 Å². The summed E-state index contributed by atoms with van der Waals surface area (Å²) in [6.07, 6.45) is -3.75. The third-order valence-corrected chi connectivity index (χ3v) is 3.69. The van der Waals surface area contributed by atoms with E-state index in [9.17, 15) is 18.0 Å². The Hall–Kier alpha value is -2.99. The summed E-state index contributed by atoms with van der Waals surface area (Å²) in [6.45, 7) is 4.51. The van der Waals surface area contributed by atoms with Crippen LogP contribution in [0.3, 0.4) is 0 Å². The van der Waals surface area contributed by atoms with Crippen molar-refractivity contribution in [3.05, 3.63) is 30.1 Å². The largest absolute Gasteiger partial charge is 0.489 e. The number of carbonyl (C=O) groups is 1. The van der Waals surface area contributed by atoms with Gasteiger partial charge in [0.2, 0.25) is 0 Å². The van der Waals surface area contributed by atoms with Crippen molar-refractivity contribution in [1.29, 1.82) is 0 Å². The van der Waals surface area contributed by atoms with Gasteiger partial charge in [0.05, 0.1) is 18.5 Å². The summed E-state index contributed by atoms with van der Waals surface area (Å²) in [5, 5.41) is 2.58. The van der Waals surface area contributed by atoms with E-state index in [-0.39, 0.29) is 18.1 Å². The van der Waals surface area contributed by atoms with Crippen molar-refractivity contribution in [1.82, 2.24) is 9.55 Å². The molecular weight excluding hydrogens is 375 g/mol. The molecule has 6 nitrogen and oxygen atoms in total. The fourth-order valence-corrected chi connectivity index (χ4v) is 2.46. The van der Waals surface area contributed by atoms with E-state index in [1.807, 2.05) is 6.92 Å². The van der Waals surface area contributed by atoms with Gasteiger partial charge in [-0.3, -0.25) is 4.79 Å².